The quantitative estimate of drug-likeness (QED) is 0.261. The van der Waals surface area contributed by atoms with E-state index in [2.05, 4.69) is 16.0 Å². The Morgan fingerprint density at radius 2 is 1.44 bits per heavy atom. The molecule has 0 saturated carbocycles. The van der Waals surface area contributed by atoms with Crippen LogP contribution in [0, 0.1) is 0 Å². The lowest BCUT2D eigenvalue weighted by molar-refractivity contribution is -0.159. The molecule has 0 heterocycles. The van der Waals surface area contributed by atoms with Crippen molar-refractivity contribution in [3.63, 3.8) is 0 Å². The van der Waals surface area contributed by atoms with E-state index in [1.807, 2.05) is 60.7 Å². The van der Waals surface area contributed by atoms with Gasteiger partial charge in [-0.1, -0.05) is 60.7 Å². The Kier molecular flexibility index (Phi) is 12.0. The molecular weight excluding hydrogens is 498 g/mol. The summed E-state index contributed by atoms with van der Waals surface area (Å²) in [5.74, 6) is -1.40. The number of carbonyl (C=O) groups is 4. The van der Waals surface area contributed by atoms with E-state index in [4.69, 9.17) is 9.47 Å². The highest BCUT2D eigenvalue weighted by Gasteiger charge is 2.37. The van der Waals surface area contributed by atoms with Crippen molar-refractivity contribution < 1.29 is 28.7 Å². The van der Waals surface area contributed by atoms with Gasteiger partial charge in [-0.3, -0.25) is 9.59 Å². The summed E-state index contributed by atoms with van der Waals surface area (Å²) >= 11 is 0. The van der Waals surface area contributed by atoms with Crippen molar-refractivity contribution >= 4 is 23.9 Å². The van der Waals surface area contributed by atoms with Gasteiger partial charge in [-0.2, -0.15) is 0 Å². The second-order valence-corrected chi connectivity index (χ2v) is 10.7. The van der Waals surface area contributed by atoms with Crippen molar-refractivity contribution in [2.75, 3.05) is 6.54 Å². The lowest BCUT2D eigenvalue weighted by Crippen LogP contribution is -2.60. The normalized spacial score (nSPS) is 13.4. The fourth-order valence-electron chi connectivity index (χ4n) is 3.95. The maximum atomic E-state index is 13.4. The van der Waals surface area contributed by atoms with E-state index >= 15 is 0 Å². The Balaban J connectivity index is 1.96. The number of ether oxygens (including phenoxy) is 2. The van der Waals surface area contributed by atoms with E-state index in [1.54, 1.807) is 27.7 Å². The van der Waals surface area contributed by atoms with Gasteiger partial charge < -0.3 is 25.4 Å². The summed E-state index contributed by atoms with van der Waals surface area (Å²) in [6.45, 7) is 8.77. The molecule has 2 atom stereocenters. The van der Waals surface area contributed by atoms with Crippen LogP contribution in [0.5, 0.6) is 0 Å². The van der Waals surface area contributed by atoms with E-state index in [9.17, 15) is 19.2 Å². The molecule has 0 radical (unpaired) electrons. The number of hydrogen-bond acceptors (Lipinski definition) is 6. The van der Waals surface area contributed by atoms with Crippen LogP contribution in [-0.2, 0) is 36.9 Å². The molecule has 0 bridgehead atoms. The molecule has 0 aliphatic carbocycles. The van der Waals surface area contributed by atoms with Crippen LogP contribution in [0.2, 0.25) is 0 Å². The Morgan fingerprint density at radius 3 is 2.00 bits per heavy atom. The summed E-state index contributed by atoms with van der Waals surface area (Å²) in [6.07, 6.45) is 1.10. The van der Waals surface area contributed by atoms with Crippen LogP contribution in [0.25, 0.3) is 0 Å². The summed E-state index contributed by atoms with van der Waals surface area (Å²) in [5.41, 5.74) is -0.267. The molecule has 2 aromatic rings. The fourth-order valence-corrected chi connectivity index (χ4v) is 3.95. The van der Waals surface area contributed by atoms with E-state index in [-0.39, 0.29) is 18.9 Å². The zero-order valence-electron chi connectivity index (χ0n) is 23.5. The highest BCUT2D eigenvalue weighted by molar-refractivity contribution is 5.93. The molecule has 212 valence electrons. The number of carbonyl (C=O) groups excluding carboxylic acids is 4. The summed E-state index contributed by atoms with van der Waals surface area (Å²) < 4.78 is 10.8. The minimum Gasteiger partial charge on any atom is -0.458 e. The number of rotatable bonds is 13. The van der Waals surface area contributed by atoms with Crippen molar-refractivity contribution in [3.8, 4) is 0 Å². The molecule has 0 unspecified atom stereocenters. The highest BCUT2D eigenvalue weighted by atomic mass is 16.6. The third kappa shape index (κ3) is 12.0. The lowest BCUT2D eigenvalue weighted by Gasteiger charge is -2.32. The van der Waals surface area contributed by atoms with Gasteiger partial charge in [0, 0.05) is 19.9 Å². The summed E-state index contributed by atoms with van der Waals surface area (Å²) in [4.78, 5) is 50.4. The van der Waals surface area contributed by atoms with Gasteiger partial charge in [0.2, 0.25) is 11.8 Å². The predicted octanol–water partition coefficient (Wildman–Crippen LogP) is 4.05. The van der Waals surface area contributed by atoms with Crippen molar-refractivity contribution in [2.24, 2.45) is 0 Å². The molecule has 2 rings (SSSR count). The number of nitrogens with one attached hydrogen (secondary N) is 3. The zero-order chi connectivity index (χ0) is 28.9. The number of unbranched alkanes of at least 4 members (excludes halogenated alkanes) is 1. The average Bonchev–Trinajstić information content (AvgIpc) is 2.86. The first kappa shape index (κ1) is 31.3. The first-order valence-corrected chi connectivity index (χ1v) is 13.2. The molecule has 0 aromatic heterocycles. The van der Waals surface area contributed by atoms with Gasteiger partial charge in [0.05, 0.1) is 0 Å². The maximum absolute atomic E-state index is 13.4. The Hall–Kier alpha value is -3.88. The minimum atomic E-state index is -1.28. The van der Waals surface area contributed by atoms with Gasteiger partial charge in [0.25, 0.3) is 0 Å². The molecule has 0 aliphatic rings. The molecule has 0 saturated heterocycles. The zero-order valence-corrected chi connectivity index (χ0v) is 23.5. The van der Waals surface area contributed by atoms with Gasteiger partial charge >= 0.3 is 12.1 Å². The van der Waals surface area contributed by atoms with Crippen LogP contribution in [-0.4, -0.2) is 47.6 Å². The molecule has 0 fully saturated rings. The monoisotopic (exact) mass is 539 g/mol. The molecular formula is C30H41N3O6. The van der Waals surface area contributed by atoms with E-state index in [0.717, 1.165) is 11.1 Å². The number of benzene rings is 2. The van der Waals surface area contributed by atoms with E-state index < -0.39 is 35.2 Å². The highest BCUT2D eigenvalue weighted by Crippen LogP contribution is 2.17. The van der Waals surface area contributed by atoms with Crippen molar-refractivity contribution in [1.82, 2.24) is 16.0 Å². The molecule has 0 spiro atoms. The average molecular weight is 540 g/mol. The van der Waals surface area contributed by atoms with Crippen LogP contribution < -0.4 is 16.0 Å². The van der Waals surface area contributed by atoms with Crippen molar-refractivity contribution in [3.05, 3.63) is 71.8 Å². The second kappa shape index (κ2) is 14.9. The minimum absolute atomic E-state index is 0.176. The Bertz CT molecular complexity index is 1080. The van der Waals surface area contributed by atoms with Gasteiger partial charge in [-0.25, -0.2) is 9.59 Å². The molecule has 9 heteroatoms. The first-order valence-electron chi connectivity index (χ1n) is 13.2. The van der Waals surface area contributed by atoms with Crippen LogP contribution >= 0.6 is 0 Å². The largest absolute Gasteiger partial charge is 0.458 e. The third-order valence-corrected chi connectivity index (χ3v) is 5.75. The summed E-state index contributed by atoms with van der Waals surface area (Å²) in [5, 5.41) is 8.24. The Labute approximate surface area is 231 Å². The molecule has 3 amide bonds. The number of hydrogen-bond donors (Lipinski definition) is 3. The van der Waals surface area contributed by atoms with Gasteiger partial charge in [-0.15, -0.1) is 0 Å². The lowest BCUT2D eigenvalue weighted by atomic mass is 9.91. The molecule has 9 nitrogen and oxygen atoms in total. The smallest absolute Gasteiger partial charge is 0.407 e. The number of alkyl carbamates (subject to hydrolysis) is 1. The third-order valence-electron chi connectivity index (χ3n) is 5.75. The van der Waals surface area contributed by atoms with Gasteiger partial charge in [-0.05, 0) is 58.1 Å². The predicted molar refractivity (Wildman–Crippen MR) is 149 cm³/mol. The SMILES string of the molecule is CC(=O)N[C@@](C)(Cc1ccccc1)C(=O)N[C@@H](CCCCNC(=O)OCc1ccccc1)C(=O)OC(C)(C)C. The maximum Gasteiger partial charge on any atom is 0.407 e. The number of amides is 3. The molecule has 2 aromatic carbocycles. The Morgan fingerprint density at radius 1 is 0.846 bits per heavy atom. The molecule has 39 heavy (non-hydrogen) atoms. The van der Waals surface area contributed by atoms with Gasteiger partial charge in [0.15, 0.2) is 0 Å². The van der Waals surface area contributed by atoms with Crippen LogP contribution in [0.4, 0.5) is 4.79 Å². The van der Waals surface area contributed by atoms with E-state index in [1.165, 1.54) is 6.92 Å². The standard InChI is InChI=1S/C30H41N3O6/c1-22(34)33-30(5,20-23-14-8-6-9-15-23)27(36)32-25(26(35)39-29(2,3)4)18-12-13-19-31-28(37)38-21-24-16-10-7-11-17-24/h6-11,14-17,25H,12-13,18-21H2,1-5H3,(H,31,37)(H,32,36)(H,33,34)/t25-,30-/m0/s1. The summed E-state index contributed by atoms with van der Waals surface area (Å²) in [6, 6.07) is 17.8. The first-order chi connectivity index (χ1) is 18.4. The number of esters is 1. The fraction of sp³-hybridized carbons (Fsp3) is 0.467. The van der Waals surface area contributed by atoms with Crippen molar-refractivity contribution in [1.29, 1.82) is 0 Å². The topological polar surface area (TPSA) is 123 Å². The molecule has 3 N–H and O–H groups in total. The van der Waals surface area contributed by atoms with Gasteiger partial charge in [0.1, 0.15) is 23.8 Å². The summed E-state index contributed by atoms with van der Waals surface area (Å²) in [7, 11) is 0. The van der Waals surface area contributed by atoms with Crippen LogP contribution in [0.1, 0.15) is 65.0 Å². The van der Waals surface area contributed by atoms with Crippen LogP contribution in [0.3, 0.4) is 0 Å². The second-order valence-electron chi connectivity index (χ2n) is 10.7. The van der Waals surface area contributed by atoms with Crippen molar-refractivity contribution in [2.45, 2.75) is 84.1 Å². The van der Waals surface area contributed by atoms with Crippen LogP contribution in [0.15, 0.2) is 60.7 Å². The molecule has 0 aliphatic heterocycles. The van der Waals surface area contributed by atoms with E-state index in [0.29, 0.717) is 25.8 Å².